The Morgan fingerprint density at radius 2 is 0.625 bits per heavy atom. The van der Waals surface area contributed by atoms with E-state index in [2.05, 4.69) is 24.3 Å². The third kappa shape index (κ3) is 6.16. The summed E-state index contributed by atoms with van der Waals surface area (Å²) in [6.45, 7) is 0. The number of hydrogen-bond acceptors (Lipinski definition) is 5. The van der Waals surface area contributed by atoms with Gasteiger partial charge < -0.3 is 8.83 Å². The second kappa shape index (κ2) is 15.4. The van der Waals surface area contributed by atoms with Crippen LogP contribution in [0.3, 0.4) is 0 Å². The first-order chi connectivity index (χ1) is 30.6. The van der Waals surface area contributed by atoms with Gasteiger partial charge in [-0.25, -0.2) is 15.0 Å². The van der Waals surface area contributed by atoms with E-state index in [1.165, 1.54) is 0 Å². The minimum absolute atomic E-state index is 0.00178. The molecule has 0 aliphatic heterocycles. The van der Waals surface area contributed by atoms with Crippen LogP contribution in [0.5, 0.6) is 0 Å². The Bertz CT molecular complexity index is 3670. The lowest BCUT2D eigenvalue weighted by Crippen LogP contribution is -2.48. The molecule has 19 heteroatoms. The molecule has 64 heavy (non-hydrogen) atoms. The highest BCUT2D eigenvalue weighted by Crippen LogP contribution is 2.36. The molecule has 262 valence electrons. The zero-order valence-electron chi connectivity index (χ0n) is 33.7. The van der Waals surface area contributed by atoms with Gasteiger partial charge in [0.1, 0.15) is 132 Å². The lowest BCUT2D eigenvalue weighted by molar-refractivity contribution is 0.673. The standard InChI is InChI=1S/C45H13B14N3O2/c46-25-20-19-23(28(49)33(54)36(57)40(19)64-41(20)37(58)34(55)31(25)52)44-60-43(16-11-9-15(10-12-16)18-8-4-7-17(13-18)14-5-2-1-3-6-14)61-45(62-44)24-29(50)30(51)26(47)21-22-27(48)32(53)35(56)38(59)42(22)63-39(21)24/h1-13H. The van der Waals surface area contributed by atoms with Gasteiger partial charge in [0.05, 0.1) is 5.56 Å². The Balaban J connectivity index is 1.28. The van der Waals surface area contributed by atoms with E-state index in [9.17, 15) is 0 Å². The van der Waals surface area contributed by atoms with E-state index in [-0.39, 0.29) is 149 Å². The highest BCUT2D eigenvalue weighted by molar-refractivity contribution is 6.71. The molecule has 10 rings (SSSR count). The van der Waals surface area contributed by atoms with E-state index < -0.39 is 0 Å². The van der Waals surface area contributed by atoms with Gasteiger partial charge >= 0.3 is 0 Å². The fourth-order valence-electron chi connectivity index (χ4n) is 8.29. The molecule has 5 nitrogen and oxygen atoms in total. The molecule has 0 aliphatic carbocycles. The summed E-state index contributed by atoms with van der Waals surface area (Å²) >= 11 is 0. The summed E-state index contributed by atoms with van der Waals surface area (Å²) in [5, 5.41) is 0.999. The van der Waals surface area contributed by atoms with Crippen LogP contribution in [0.25, 0.3) is 100 Å². The lowest BCUT2D eigenvalue weighted by atomic mass is 9.64. The third-order valence-corrected chi connectivity index (χ3v) is 11.8. The molecule has 0 atom stereocenters. The largest absolute Gasteiger partial charge is 0.457 e. The molecule has 3 aromatic heterocycles. The topological polar surface area (TPSA) is 65.0 Å². The van der Waals surface area contributed by atoms with Crippen LogP contribution in [-0.2, 0) is 0 Å². The number of nitrogens with zero attached hydrogens (tertiary/aromatic N) is 3. The summed E-state index contributed by atoms with van der Waals surface area (Å²) in [7, 11) is 91.4. The fourth-order valence-corrected chi connectivity index (χ4v) is 8.29. The van der Waals surface area contributed by atoms with E-state index in [1.807, 2.05) is 54.6 Å². The molecule has 0 amide bonds. The fraction of sp³-hybridized carbons (Fsp3) is 0. The predicted octanol–water partition coefficient (Wildman–Crippen LogP) is -4.88. The van der Waals surface area contributed by atoms with Crippen LogP contribution in [0.4, 0.5) is 0 Å². The molecular weight excluding hydrogens is 766 g/mol. The Hall–Kier alpha value is -5.94. The van der Waals surface area contributed by atoms with E-state index in [1.54, 1.807) is 0 Å². The highest BCUT2D eigenvalue weighted by atomic mass is 16.3. The van der Waals surface area contributed by atoms with Gasteiger partial charge in [-0.05, 0) is 28.3 Å². The van der Waals surface area contributed by atoms with E-state index >= 15 is 0 Å². The van der Waals surface area contributed by atoms with Crippen LogP contribution in [0.15, 0.2) is 87.7 Å². The normalized spacial score (nSPS) is 11.7. The Morgan fingerprint density at radius 3 is 1.19 bits per heavy atom. The average molecular weight is 779 g/mol. The van der Waals surface area contributed by atoms with Crippen molar-refractivity contribution >= 4 is 230 Å². The molecule has 28 radical (unpaired) electrons. The number of fused-ring (bicyclic) bond motifs is 6. The van der Waals surface area contributed by atoms with Crippen molar-refractivity contribution in [1.29, 1.82) is 0 Å². The summed E-state index contributed by atoms with van der Waals surface area (Å²) in [5.74, 6) is 0.0811. The van der Waals surface area contributed by atoms with Crippen molar-refractivity contribution in [3.63, 3.8) is 0 Å². The summed E-state index contributed by atoms with van der Waals surface area (Å²) < 4.78 is 12.7. The molecule has 0 unspecified atom stereocenters. The molecule has 0 saturated carbocycles. The first-order valence-corrected chi connectivity index (χ1v) is 19.5. The maximum absolute atomic E-state index is 6.87. The van der Waals surface area contributed by atoms with Gasteiger partial charge in [0.25, 0.3) is 0 Å². The van der Waals surface area contributed by atoms with Crippen molar-refractivity contribution in [2.24, 2.45) is 0 Å². The van der Waals surface area contributed by atoms with Crippen molar-refractivity contribution in [2.45, 2.75) is 0 Å². The number of rotatable bonds is 5. The van der Waals surface area contributed by atoms with E-state index in [0.29, 0.717) is 5.56 Å². The van der Waals surface area contributed by atoms with Crippen molar-refractivity contribution in [3.05, 3.63) is 78.9 Å². The van der Waals surface area contributed by atoms with Gasteiger partial charge in [0.15, 0.2) is 17.5 Å². The highest BCUT2D eigenvalue weighted by Gasteiger charge is 2.28. The van der Waals surface area contributed by atoms with Crippen LogP contribution in [0, 0.1) is 0 Å². The summed E-state index contributed by atoms with van der Waals surface area (Å²) in [5.41, 5.74) is 5.29. The molecule has 0 aliphatic rings. The molecule has 0 fully saturated rings. The summed E-state index contributed by atoms with van der Waals surface area (Å²) in [6.07, 6.45) is 0. The SMILES string of the molecule is [B]c1c([B])c([B])c2c(oc3c(-c4nc(-c5ccc(-c6cccc(-c7ccccc7)c6)cc5)nc(-c5c([B])c([B])c([B])c6oc7c([B])c([B])c([B])c([B])c7c56)n4)c([B])c([B])c([B])c32)c1[B]. The van der Waals surface area contributed by atoms with Gasteiger partial charge in [-0.3, -0.25) is 0 Å². The number of benzene rings is 7. The van der Waals surface area contributed by atoms with Crippen molar-refractivity contribution in [3.8, 4) is 56.4 Å². The Morgan fingerprint density at radius 1 is 0.266 bits per heavy atom. The third-order valence-electron chi connectivity index (χ3n) is 11.8. The second-order valence-corrected chi connectivity index (χ2v) is 15.4. The zero-order chi connectivity index (χ0) is 45.2. The van der Waals surface area contributed by atoms with Crippen molar-refractivity contribution in [1.82, 2.24) is 15.0 Å². The van der Waals surface area contributed by atoms with Gasteiger partial charge in [0.2, 0.25) is 0 Å². The molecule has 10 aromatic rings. The molecular formula is C45H13B14N3O2. The van der Waals surface area contributed by atoms with Crippen molar-refractivity contribution in [2.75, 3.05) is 0 Å². The molecule has 0 saturated heterocycles. The number of aromatic nitrogens is 3. The van der Waals surface area contributed by atoms with Crippen LogP contribution >= 0.6 is 0 Å². The van der Waals surface area contributed by atoms with Crippen molar-refractivity contribution < 1.29 is 8.83 Å². The second-order valence-electron chi connectivity index (χ2n) is 15.4. The van der Waals surface area contributed by atoms with Gasteiger partial charge in [-0.1, -0.05) is 116 Å². The maximum Gasteiger partial charge on any atom is 0.167 e. The van der Waals surface area contributed by atoms with Crippen LogP contribution in [-0.4, -0.2) is 125 Å². The van der Waals surface area contributed by atoms with E-state index in [0.717, 1.165) is 22.3 Å². The first kappa shape index (κ1) is 42.0. The van der Waals surface area contributed by atoms with Crippen LogP contribution in [0.1, 0.15) is 0 Å². The number of furan rings is 2. The van der Waals surface area contributed by atoms with Gasteiger partial charge in [-0.2, -0.15) is 0 Å². The Labute approximate surface area is 387 Å². The van der Waals surface area contributed by atoms with Crippen LogP contribution in [0.2, 0.25) is 0 Å². The maximum atomic E-state index is 6.87. The number of hydrogen-bond donors (Lipinski definition) is 0. The monoisotopic (exact) mass is 781 g/mol. The minimum atomic E-state index is -0.0435. The summed E-state index contributed by atoms with van der Waals surface area (Å²) in [4.78, 5) is 14.9. The average Bonchev–Trinajstić information content (AvgIpc) is 3.91. The smallest absolute Gasteiger partial charge is 0.167 e. The minimum Gasteiger partial charge on any atom is -0.457 e. The molecule has 7 aromatic carbocycles. The van der Waals surface area contributed by atoms with Gasteiger partial charge in [0, 0.05) is 32.7 Å². The predicted molar refractivity (Wildman–Crippen MR) is 277 cm³/mol. The zero-order valence-corrected chi connectivity index (χ0v) is 33.7. The molecule has 0 bridgehead atoms. The van der Waals surface area contributed by atoms with E-state index in [4.69, 9.17) is 134 Å². The quantitative estimate of drug-likeness (QED) is 0.164. The van der Waals surface area contributed by atoms with Crippen LogP contribution < -0.4 is 76.5 Å². The molecule has 0 N–H and O–H groups in total. The Kier molecular flexibility index (Phi) is 10.1. The van der Waals surface area contributed by atoms with Gasteiger partial charge in [-0.15, -0.1) is 32.8 Å². The molecule has 3 heterocycles. The molecule has 0 spiro atoms. The lowest BCUT2D eigenvalue weighted by Gasteiger charge is -2.18. The summed E-state index contributed by atoms with van der Waals surface area (Å²) in [6, 6.07) is 25.9. The first-order valence-electron chi connectivity index (χ1n) is 19.5.